The summed E-state index contributed by atoms with van der Waals surface area (Å²) in [5.41, 5.74) is 0. The number of ether oxygens (including phenoxy) is 2. The van der Waals surface area contributed by atoms with Crippen LogP contribution in [-0.2, 0) is 37.5 Å². The van der Waals surface area contributed by atoms with Crippen LogP contribution in [-0.4, -0.2) is 79.9 Å². The number of rotatable bonds is 13. The van der Waals surface area contributed by atoms with Gasteiger partial charge in [0.1, 0.15) is 13.1 Å². The maximum absolute atomic E-state index is 12.4. The smallest absolute Gasteiger partial charge is 0.325 e. The Hall–Kier alpha value is -2.29. The number of hydrogen-bond acceptors (Lipinski definition) is 8. The highest BCUT2D eigenvalue weighted by atomic mass is 28.4. The topological polar surface area (TPSA) is 129 Å². The fourth-order valence-corrected chi connectivity index (χ4v) is 4.90. The SMILES string of the molecule is COC(=O)CNC(=O)C=CC(O[Si](C)(C)C(C)(C)C)C(C=CC(=O)NCC(=O)OC)O[Si](C)(C)C(C)(C)C. The number of esters is 2. The number of methoxy groups -OCH3 is 2. The molecule has 0 aromatic heterocycles. The van der Waals surface area contributed by atoms with Crippen LogP contribution >= 0.6 is 0 Å². The number of hydrogen-bond donors (Lipinski definition) is 2. The molecule has 0 heterocycles. The van der Waals surface area contributed by atoms with Crippen molar-refractivity contribution < 1.29 is 37.5 Å². The molecular weight excluding hydrogens is 524 g/mol. The van der Waals surface area contributed by atoms with E-state index in [1.165, 1.54) is 26.4 Å². The fraction of sp³-hybridized carbons (Fsp3) is 0.692. The highest BCUT2D eigenvalue weighted by Crippen LogP contribution is 2.40. The van der Waals surface area contributed by atoms with Crippen LogP contribution in [0.1, 0.15) is 41.5 Å². The highest BCUT2D eigenvalue weighted by Gasteiger charge is 2.43. The van der Waals surface area contributed by atoms with Crippen LogP contribution in [0.4, 0.5) is 0 Å². The summed E-state index contributed by atoms with van der Waals surface area (Å²) in [6, 6.07) is 0. The molecule has 38 heavy (non-hydrogen) atoms. The Bertz CT molecular complexity index is 815. The summed E-state index contributed by atoms with van der Waals surface area (Å²) in [4.78, 5) is 47.7. The van der Waals surface area contributed by atoms with E-state index >= 15 is 0 Å². The van der Waals surface area contributed by atoms with Gasteiger partial charge in [-0.1, -0.05) is 41.5 Å². The molecule has 0 saturated heterocycles. The van der Waals surface area contributed by atoms with Crippen molar-refractivity contribution in [2.75, 3.05) is 27.3 Å². The van der Waals surface area contributed by atoms with E-state index in [0.717, 1.165) is 0 Å². The number of amides is 2. The molecule has 0 bridgehead atoms. The molecule has 2 atom stereocenters. The zero-order chi connectivity index (χ0) is 29.9. The van der Waals surface area contributed by atoms with E-state index in [1.807, 2.05) is 0 Å². The monoisotopic (exact) mass is 572 g/mol. The third-order valence-corrected chi connectivity index (χ3v) is 15.9. The molecule has 0 aromatic rings. The maximum atomic E-state index is 12.4. The van der Waals surface area contributed by atoms with Crippen molar-refractivity contribution in [3.8, 4) is 0 Å². The van der Waals surface area contributed by atoms with Gasteiger partial charge in [-0.3, -0.25) is 19.2 Å². The third-order valence-electron chi connectivity index (χ3n) is 6.94. The summed E-state index contributed by atoms with van der Waals surface area (Å²) in [6.07, 6.45) is 4.38. The van der Waals surface area contributed by atoms with Gasteiger partial charge in [0.05, 0.1) is 26.4 Å². The molecule has 0 spiro atoms. The summed E-state index contributed by atoms with van der Waals surface area (Å²) in [6.45, 7) is 20.4. The maximum Gasteiger partial charge on any atom is 0.325 e. The Kier molecular flexibility index (Phi) is 13.9. The van der Waals surface area contributed by atoms with Crippen molar-refractivity contribution in [2.45, 2.75) is 90.0 Å². The van der Waals surface area contributed by atoms with Crippen LogP contribution in [0.2, 0.25) is 36.3 Å². The van der Waals surface area contributed by atoms with Crippen molar-refractivity contribution in [3.63, 3.8) is 0 Å². The van der Waals surface area contributed by atoms with Crippen molar-refractivity contribution in [3.05, 3.63) is 24.3 Å². The van der Waals surface area contributed by atoms with Crippen LogP contribution in [0.15, 0.2) is 24.3 Å². The molecular formula is C26H48N2O8Si2. The van der Waals surface area contributed by atoms with Gasteiger partial charge in [-0.2, -0.15) is 0 Å². The van der Waals surface area contributed by atoms with E-state index in [9.17, 15) is 19.2 Å². The average molecular weight is 573 g/mol. The quantitative estimate of drug-likeness (QED) is 0.195. The standard InChI is InChI=1S/C26H48N2O8Si2/c1-25(2,3)37(9,10)35-19(13-15-21(29)27-17-23(31)33-7)20(36-38(11,12)26(4,5)6)14-16-22(30)28-18-24(32)34-8/h13-16,19-20H,17-18H2,1-12H3,(H,27,29)(H,28,30). The lowest BCUT2D eigenvalue weighted by Crippen LogP contribution is -2.51. The largest absolute Gasteiger partial charge is 0.468 e. The van der Waals surface area contributed by atoms with Crippen LogP contribution in [0.5, 0.6) is 0 Å². The minimum Gasteiger partial charge on any atom is -0.468 e. The van der Waals surface area contributed by atoms with Crippen LogP contribution < -0.4 is 10.6 Å². The molecule has 2 N–H and O–H groups in total. The first-order chi connectivity index (χ1) is 17.2. The first-order valence-corrected chi connectivity index (χ1v) is 18.4. The first kappa shape index (κ1) is 35.7. The summed E-state index contributed by atoms with van der Waals surface area (Å²) in [7, 11) is -2.27. The Morgan fingerprint density at radius 2 is 0.947 bits per heavy atom. The average Bonchev–Trinajstić information content (AvgIpc) is 2.79. The van der Waals surface area contributed by atoms with Crippen molar-refractivity contribution in [1.82, 2.24) is 10.6 Å². The fourth-order valence-electron chi connectivity index (χ4n) is 2.41. The molecule has 0 radical (unpaired) electrons. The van der Waals surface area contributed by atoms with Crippen LogP contribution in [0, 0.1) is 0 Å². The summed E-state index contributed by atoms with van der Waals surface area (Å²) in [5.74, 6) is -2.13. The normalized spacial score (nSPS) is 14.7. The Morgan fingerprint density at radius 3 is 1.18 bits per heavy atom. The van der Waals surface area contributed by atoms with Crippen molar-refractivity contribution >= 4 is 40.4 Å². The van der Waals surface area contributed by atoms with Gasteiger partial charge in [0.2, 0.25) is 11.8 Å². The third kappa shape index (κ3) is 12.5. The van der Waals surface area contributed by atoms with Crippen LogP contribution in [0.25, 0.3) is 0 Å². The second-order valence-electron chi connectivity index (χ2n) is 12.0. The molecule has 0 aliphatic heterocycles. The van der Waals surface area contributed by atoms with Gasteiger partial charge in [-0.25, -0.2) is 0 Å². The molecule has 0 fully saturated rings. The van der Waals surface area contributed by atoms with E-state index in [2.05, 4.69) is 87.8 Å². The van der Waals surface area contributed by atoms with E-state index in [-0.39, 0.29) is 23.2 Å². The molecule has 0 rings (SSSR count). The summed E-state index contributed by atoms with van der Waals surface area (Å²) in [5, 5.41) is 4.66. The van der Waals surface area contributed by atoms with Crippen molar-refractivity contribution in [2.24, 2.45) is 0 Å². The second-order valence-corrected chi connectivity index (χ2v) is 21.5. The molecule has 2 amide bonds. The minimum absolute atomic E-state index is 0.143. The second kappa shape index (κ2) is 14.8. The predicted molar refractivity (Wildman–Crippen MR) is 152 cm³/mol. The van der Waals surface area contributed by atoms with Gasteiger partial charge in [0, 0.05) is 12.2 Å². The zero-order valence-corrected chi connectivity index (χ0v) is 27.1. The number of nitrogens with one attached hydrogen (secondary N) is 2. The van der Waals surface area contributed by atoms with E-state index < -0.39 is 52.6 Å². The molecule has 0 aromatic carbocycles. The zero-order valence-electron chi connectivity index (χ0n) is 25.1. The molecule has 2 unspecified atom stereocenters. The van der Waals surface area contributed by atoms with E-state index in [4.69, 9.17) is 8.85 Å². The lowest BCUT2D eigenvalue weighted by molar-refractivity contribution is -0.141. The lowest BCUT2D eigenvalue weighted by Gasteiger charge is -2.43. The van der Waals surface area contributed by atoms with Gasteiger partial charge >= 0.3 is 11.9 Å². The molecule has 0 saturated carbocycles. The Labute approximate surface area is 230 Å². The predicted octanol–water partition coefficient (Wildman–Crippen LogP) is 3.46. The van der Waals surface area contributed by atoms with Gasteiger partial charge in [-0.05, 0) is 48.4 Å². The van der Waals surface area contributed by atoms with Gasteiger partial charge in [-0.15, -0.1) is 0 Å². The van der Waals surface area contributed by atoms with E-state index in [0.29, 0.717) is 0 Å². The molecule has 0 aliphatic carbocycles. The number of carbonyl (C=O) groups excluding carboxylic acids is 4. The summed E-state index contributed by atoms with van der Waals surface area (Å²) < 4.78 is 22.5. The summed E-state index contributed by atoms with van der Waals surface area (Å²) >= 11 is 0. The van der Waals surface area contributed by atoms with E-state index in [1.54, 1.807) is 12.2 Å². The molecule has 0 aliphatic rings. The Morgan fingerprint density at radius 1 is 0.658 bits per heavy atom. The molecule has 10 nitrogen and oxygen atoms in total. The molecule has 12 heteroatoms. The highest BCUT2D eigenvalue weighted by molar-refractivity contribution is 6.74. The van der Waals surface area contributed by atoms with Crippen molar-refractivity contribution in [1.29, 1.82) is 0 Å². The lowest BCUT2D eigenvalue weighted by atomic mass is 10.1. The van der Waals surface area contributed by atoms with Gasteiger partial charge in [0.25, 0.3) is 0 Å². The Balaban J connectivity index is 6.36. The first-order valence-electron chi connectivity index (χ1n) is 12.6. The molecule has 218 valence electrons. The van der Waals surface area contributed by atoms with Gasteiger partial charge < -0.3 is 29.0 Å². The van der Waals surface area contributed by atoms with Gasteiger partial charge in [0.15, 0.2) is 16.6 Å². The van der Waals surface area contributed by atoms with Crippen LogP contribution in [0.3, 0.4) is 0 Å². The number of carbonyl (C=O) groups is 4. The minimum atomic E-state index is -2.37.